The molecule has 20 heavy (non-hydrogen) atoms. The maximum Gasteiger partial charge on any atom is 0.129 e. The number of rotatable bonds is 5. The second kappa shape index (κ2) is 6.59. The van der Waals surface area contributed by atoms with Crippen LogP contribution in [0.4, 0.5) is 8.78 Å². The molecule has 2 rings (SSSR count). The van der Waals surface area contributed by atoms with E-state index in [1.54, 1.807) is 0 Å². The molecule has 106 valence electrons. The van der Waals surface area contributed by atoms with Crippen LogP contribution in [0.5, 0.6) is 0 Å². The predicted octanol–water partition coefficient (Wildman–Crippen LogP) is 2.58. The van der Waals surface area contributed by atoms with Gasteiger partial charge in [-0.15, -0.1) is 0 Å². The van der Waals surface area contributed by atoms with E-state index < -0.39 is 11.6 Å². The number of hydrogen-bond donors (Lipinski definition) is 2. The third-order valence-electron chi connectivity index (χ3n) is 3.45. The molecular formula is C16H18F2N2. The van der Waals surface area contributed by atoms with Gasteiger partial charge < -0.3 is 11.5 Å². The Labute approximate surface area is 117 Å². The van der Waals surface area contributed by atoms with Gasteiger partial charge in [0.05, 0.1) is 0 Å². The van der Waals surface area contributed by atoms with Gasteiger partial charge in [0, 0.05) is 24.6 Å². The number of benzene rings is 2. The lowest BCUT2D eigenvalue weighted by molar-refractivity contribution is 0.497. The van der Waals surface area contributed by atoms with Crippen molar-refractivity contribution in [3.05, 3.63) is 71.3 Å². The van der Waals surface area contributed by atoms with Crippen LogP contribution in [0.1, 0.15) is 17.0 Å². The molecule has 2 aromatic rings. The first kappa shape index (κ1) is 14.6. The molecule has 0 saturated heterocycles. The molecule has 2 nitrogen and oxygen atoms in total. The fraction of sp³-hybridized carbons (Fsp3) is 0.250. The number of hydrogen-bond acceptors (Lipinski definition) is 2. The Balaban J connectivity index is 2.19. The van der Waals surface area contributed by atoms with Crippen LogP contribution in [0.25, 0.3) is 0 Å². The molecule has 0 radical (unpaired) electrons. The van der Waals surface area contributed by atoms with Crippen LogP contribution < -0.4 is 11.5 Å². The molecule has 0 aliphatic heterocycles. The van der Waals surface area contributed by atoms with Gasteiger partial charge in [0.15, 0.2) is 0 Å². The van der Waals surface area contributed by atoms with Gasteiger partial charge in [-0.25, -0.2) is 8.78 Å². The summed E-state index contributed by atoms with van der Waals surface area (Å²) in [6.45, 7) is 0.219. The molecule has 0 spiro atoms. The summed E-state index contributed by atoms with van der Waals surface area (Å²) < 4.78 is 26.8. The summed E-state index contributed by atoms with van der Waals surface area (Å²) in [7, 11) is 0. The average Bonchev–Trinajstić information content (AvgIpc) is 2.43. The van der Waals surface area contributed by atoms with Crippen LogP contribution in [-0.2, 0) is 6.42 Å². The van der Waals surface area contributed by atoms with Crippen molar-refractivity contribution in [3.8, 4) is 0 Å². The van der Waals surface area contributed by atoms with E-state index in [4.69, 9.17) is 11.5 Å². The lowest BCUT2D eigenvalue weighted by Gasteiger charge is -2.23. The van der Waals surface area contributed by atoms with Crippen molar-refractivity contribution in [1.29, 1.82) is 0 Å². The second-order valence-corrected chi connectivity index (χ2v) is 4.86. The summed E-state index contributed by atoms with van der Waals surface area (Å²) in [6.07, 6.45) is 0.597. The Morgan fingerprint density at radius 2 is 1.70 bits per heavy atom. The fourth-order valence-electron chi connectivity index (χ4n) is 2.36. The van der Waals surface area contributed by atoms with Gasteiger partial charge in [-0.2, -0.15) is 0 Å². The topological polar surface area (TPSA) is 52.0 Å². The highest BCUT2D eigenvalue weighted by atomic mass is 19.1. The highest BCUT2D eigenvalue weighted by molar-refractivity contribution is 5.26. The molecule has 2 aromatic carbocycles. The maximum atomic E-state index is 13.8. The van der Waals surface area contributed by atoms with Crippen molar-refractivity contribution in [2.24, 2.45) is 11.5 Å². The lowest BCUT2D eigenvalue weighted by Crippen LogP contribution is -2.35. The normalized spacial score (nSPS) is 14.0. The number of halogens is 2. The van der Waals surface area contributed by atoms with Gasteiger partial charge in [0.25, 0.3) is 0 Å². The van der Waals surface area contributed by atoms with E-state index in [1.807, 2.05) is 30.3 Å². The van der Waals surface area contributed by atoms with E-state index in [2.05, 4.69) is 0 Å². The quantitative estimate of drug-likeness (QED) is 0.882. The Bertz CT molecular complexity index is 558. The van der Waals surface area contributed by atoms with Crippen LogP contribution in [0.2, 0.25) is 0 Å². The molecule has 0 bridgehead atoms. The summed E-state index contributed by atoms with van der Waals surface area (Å²) in [5, 5.41) is 0. The minimum absolute atomic E-state index is 0.219. The van der Waals surface area contributed by atoms with Crippen LogP contribution in [0.3, 0.4) is 0 Å². The molecule has 0 aromatic heterocycles. The molecule has 2 atom stereocenters. The van der Waals surface area contributed by atoms with Crippen LogP contribution in [0.15, 0.2) is 48.5 Å². The Kier molecular flexibility index (Phi) is 4.82. The molecule has 4 heteroatoms. The van der Waals surface area contributed by atoms with Gasteiger partial charge in [0.1, 0.15) is 11.6 Å². The molecule has 0 heterocycles. The van der Waals surface area contributed by atoms with Gasteiger partial charge in [-0.05, 0) is 23.6 Å². The Morgan fingerprint density at radius 3 is 2.30 bits per heavy atom. The van der Waals surface area contributed by atoms with Gasteiger partial charge in [-0.3, -0.25) is 0 Å². The van der Waals surface area contributed by atoms with Crippen molar-refractivity contribution < 1.29 is 8.78 Å². The van der Waals surface area contributed by atoms with Crippen molar-refractivity contribution in [2.75, 3.05) is 6.54 Å². The monoisotopic (exact) mass is 276 g/mol. The van der Waals surface area contributed by atoms with Crippen molar-refractivity contribution in [3.63, 3.8) is 0 Å². The van der Waals surface area contributed by atoms with E-state index in [1.165, 1.54) is 12.1 Å². The minimum atomic E-state index is -0.598. The zero-order valence-electron chi connectivity index (χ0n) is 11.1. The maximum absolute atomic E-state index is 13.8. The summed E-state index contributed by atoms with van der Waals surface area (Å²) in [5.74, 6) is -1.53. The van der Waals surface area contributed by atoms with Crippen molar-refractivity contribution >= 4 is 0 Å². The van der Waals surface area contributed by atoms with E-state index in [0.29, 0.717) is 12.0 Å². The van der Waals surface area contributed by atoms with Gasteiger partial charge in [0.2, 0.25) is 0 Å². The SMILES string of the molecule is NCC(c1ccc(F)cc1F)C(N)Cc1ccccc1. The summed E-state index contributed by atoms with van der Waals surface area (Å²) in [6, 6.07) is 12.9. The molecule has 0 saturated carbocycles. The zero-order valence-corrected chi connectivity index (χ0v) is 11.1. The standard InChI is InChI=1S/C16H18F2N2/c17-12-6-7-13(15(18)9-12)14(10-19)16(20)8-11-4-2-1-3-5-11/h1-7,9,14,16H,8,10,19-20H2. The minimum Gasteiger partial charge on any atom is -0.330 e. The van der Waals surface area contributed by atoms with Gasteiger partial charge in [-0.1, -0.05) is 36.4 Å². The van der Waals surface area contributed by atoms with Crippen LogP contribution >= 0.6 is 0 Å². The third-order valence-corrected chi connectivity index (χ3v) is 3.45. The highest BCUT2D eigenvalue weighted by Gasteiger charge is 2.22. The molecule has 0 aliphatic carbocycles. The van der Waals surface area contributed by atoms with E-state index in [-0.39, 0.29) is 18.5 Å². The van der Waals surface area contributed by atoms with Crippen molar-refractivity contribution in [2.45, 2.75) is 18.4 Å². The third kappa shape index (κ3) is 3.40. The molecule has 0 aliphatic rings. The van der Waals surface area contributed by atoms with Crippen LogP contribution in [0, 0.1) is 11.6 Å². The summed E-state index contributed by atoms with van der Waals surface area (Å²) in [5.41, 5.74) is 13.3. The average molecular weight is 276 g/mol. The summed E-state index contributed by atoms with van der Waals surface area (Å²) in [4.78, 5) is 0. The predicted molar refractivity (Wildman–Crippen MR) is 76.3 cm³/mol. The Morgan fingerprint density at radius 1 is 1.00 bits per heavy atom. The van der Waals surface area contributed by atoms with E-state index >= 15 is 0 Å². The summed E-state index contributed by atoms with van der Waals surface area (Å²) >= 11 is 0. The molecule has 4 N–H and O–H groups in total. The first-order valence-corrected chi connectivity index (χ1v) is 6.56. The second-order valence-electron chi connectivity index (χ2n) is 4.86. The first-order chi connectivity index (χ1) is 9.61. The highest BCUT2D eigenvalue weighted by Crippen LogP contribution is 2.23. The van der Waals surface area contributed by atoms with E-state index in [9.17, 15) is 8.78 Å². The molecule has 0 fully saturated rings. The first-order valence-electron chi connectivity index (χ1n) is 6.56. The zero-order chi connectivity index (χ0) is 14.5. The number of nitrogens with two attached hydrogens (primary N) is 2. The Hall–Kier alpha value is -1.78. The van der Waals surface area contributed by atoms with Crippen LogP contribution in [-0.4, -0.2) is 12.6 Å². The smallest absolute Gasteiger partial charge is 0.129 e. The lowest BCUT2D eigenvalue weighted by atomic mass is 9.88. The largest absolute Gasteiger partial charge is 0.330 e. The van der Waals surface area contributed by atoms with Crippen molar-refractivity contribution in [1.82, 2.24) is 0 Å². The molecule has 0 amide bonds. The van der Waals surface area contributed by atoms with E-state index in [0.717, 1.165) is 11.6 Å². The molecule has 2 unspecified atom stereocenters. The molecular weight excluding hydrogens is 258 g/mol. The van der Waals surface area contributed by atoms with Gasteiger partial charge >= 0.3 is 0 Å². The fourth-order valence-corrected chi connectivity index (χ4v) is 2.36.